The number of halogens is 4. The molecule has 6 heteroatoms. The van der Waals surface area contributed by atoms with Crippen molar-refractivity contribution in [3.63, 3.8) is 0 Å². The van der Waals surface area contributed by atoms with Gasteiger partial charge in [0.1, 0.15) is 12.4 Å². The monoisotopic (exact) mass is 291 g/mol. The third-order valence-electron chi connectivity index (χ3n) is 3.40. The van der Waals surface area contributed by atoms with E-state index in [1.807, 2.05) is 0 Å². The van der Waals surface area contributed by atoms with E-state index in [9.17, 15) is 22.7 Å². The van der Waals surface area contributed by atoms with Crippen LogP contribution in [0.1, 0.15) is 37.0 Å². The van der Waals surface area contributed by atoms with Gasteiger partial charge in [0, 0.05) is 17.3 Å². The average Bonchev–Trinajstić information content (AvgIpc) is 3.11. The third kappa shape index (κ3) is 3.42. The standard InChI is InChI=1S/C14H17F4NO/c1-8-5-13(11(9(2)20)6-12(8)15)19(10-3-4-10)7-14(16,17)18/h5-6,9-10,20H,3-4,7H2,1-2H3. The summed E-state index contributed by atoms with van der Waals surface area (Å²) in [5, 5.41) is 9.69. The van der Waals surface area contributed by atoms with Crippen LogP contribution >= 0.6 is 0 Å². The molecular formula is C14H17F4NO. The lowest BCUT2D eigenvalue weighted by Gasteiger charge is -2.29. The predicted octanol–water partition coefficient (Wildman–Crippen LogP) is 3.72. The summed E-state index contributed by atoms with van der Waals surface area (Å²) in [4.78, 5) is 1.23. The van der Waals surface area contributed by atoms with E-state index in [0.717, 1.165) is 6.07 Å². The number of aliphatic hydroxyl groups excluding tert-OH is 1. The highest BCUT2D eigenvalue weighted by molar-refractivity contribution is 5.58. The molecule has 0 aliphatic heterocycles. The van der Waals surface area contributed by atoms with Crippen LogP contribution in [0.2, 0.25) is 0 Å². The number of anilines is 1. The van der Waals surface area contributed by atoms with E-state index in [1.54, 1.807) is 0 Å². The fourth-order valence-electron chi connectivity index (χ4n) is 2.26. The molecule has 0 saturated heterocycles. The Hall–Kier alpha value is -1.30. The van der Waals surface area contributed by atoms with E-state index < -0.39 is 24.6 Å². The molecule has 1 fully saturated rings. The zero-order valence-corrected chi connectivity index (χ0v) is 11.3. The lowest BCUT2D eigenvalue weighted by atomic mass is 10.0. The molecule has 0 bridgehead atoms. The Bertz CT molecular complexity index is 495. The number of benzene rings is 1. The third-order valence-corrected chi connectivity index (χ3v) is 3.40. The fraction of sp³-hybridized carbons (Fsp3) is 0.571. The van der Waals surface area contributed by atoms with E-state index in [1.165, 1.54) is 24.8 Å². The van der Waals surface area contributed by atoms with Crippen LogP contribution in [-0.2, 0) is 0 Å². The van der Waals surface area contributed by atoms with Gasteiger partial charge in [-0.25, -0.2) is 4.39 Å². The molecule has 112 valence electrons. The summed E-state index contributed by atoms with van der Waals surface area (Å²) in [5.41, 5.74) is 0.750. The van der Waals surface area contributed by atoms with Crippen LogP contribution in [0.15, 0.2) is 12.1 Å². The summed E-state index contributed by atoms with van der Waals surface area (Å²) in [6, 6.07) is 2.33. The number of rotatable bonds is 4. The fourth-order valence-corrected chi connectivity index (χ4v) is 2.26. The Morgan fingerprint density at radius 2 is 1.95 bits per heavy atom. The molecule has 0 aromatic heterocycles. The van der Waals surface area contributed by atoms with Crippen LogP contribution in [0, 0.1) is 12.7 Å². The van der Waals surface area contributed by atoms with Crippen molar-refractivity contribution < 1.29 is 22.7 Å². The second-order valence-corrected chi connectivity index (χ2v) is 5.31. The first-order valence-electron chi connectivity index (χ1n) is 6.50. The SMILES string of the molecule is Cc1cc(N(CC(F)(F)F)C2CC2)c(C(C)O)cc1F. The van der Waals surface area contributed by atoms with Gasteiger partial charge in [-0.1, -0.05) is 0 Å². The van der Waals surface area contributed by atoms with Crippen molar-refractivity contribution in [2.45, 2.75) is 45.0 Å². The first kappa shape index (κ1) is 15.1. The average molecular weight is 291 g/mol. The summed E-state index contributed by atoms with van der Waals surface area (Å²) in [5.74, 6) is -0.521. The predicted molar refractivity (Wildman–Crippen MR) is 68.2 cm³/mol. The van der Waals surface area contributed by atoms with Gasteiger partial charge in [-0.2, -0.15) is 13.2 Å². The Kier molecular flexibility index (Phi) is 3.95. The number of aliphatic hydroxyl groups is 1. The van der Waals surface area contributed by atoms with Gasteiger partial charge in [-0.05, 0) is 44.4 Å². The summed E-state index contributed by atoms with van der Waals surface area (Å²) < 4.78 is 51.7. The van der Waals surface area contributed by atoms with Gasteiger partial charge in [0.05, 0.1) is 6.10 Å². The maximum atomic E-state index is 13.6. The number of nitrogens with zero attached hydrogens (tertiary/aromatic N) is 1. The molecular weight excluding hydrogens is 274 g/mol. The smallest absolute Gasteiger partial charge is 0.389 e. The first-order chi connectivity index (χ1) is 9.19. The zero-order chi connectivity index (χ0) is 15.1. The highest BCUT2D eigenvalue weighted by atomic mass is 19.4. The van der Waals surface area contributed by atoms with Gasteiger partial charge in [-0.15, -0.1) is 0 Å². The van der Waals surface area contributed by atoms with E-state index >= 15 is 0 Å². The highest BCUT2D eigenvalue weighted by Crippen LogP contribution is 2.38. The van der Waals surface area contributed by atoms with E-state index in [4.69, 9.17) is 0 Å². The molecule has 1 aromatic carbocycles. The topological polar surface area (TPSA) is 23.5 Å². The molecule has 0 spiro atoms. The minimum Gasteiger partial charge on any atom is -0.389 e. The van der Waals surface area contributed by atoms with Crippen molar-refractivity contribution in [2.24, 2.45) is 0 Å². The quantitative estimate of drug-likeness (QED) is 0.855. The zero-order valence-electron chi connectivity index (χ0n) is 11.3. The molecule has 0 radical (unpaired) electrons. The number of aryl methyl sites for hydroxylation is 1. The van der Waals surface area contributed by atoms with Gasteiger partial charge < -0.3 is 10.0 Å². The van der Waals surface area contributed by atoms with Crippen molar-refractivity contribution in [1.29, 1.82) is 0 Å². The van der Waals surface area contributed by atoms with E-state index in [0.29, 0.717) is 12.8 Å². The van der Waals surface area contributed by atoms with Gasteiger partial charge in [-0.3, -0.25) is 0 Å². The van der Waals surface area contributed by atoms with E-state index in [2.05, 4.69) is 0 Å². The molecule has 0 heterocycles. The van der Waals surface area contributed by atoms with Crippen molar-refractivity contribution in [3.8, 4) is 0 Å². The van der Waals surface area contributed by atoms with Crippen LogP contribution in [0.5, 0.6) is 0 Å². The molecule has 1 unspecified atom stereocenters. The lowest BCUT2D eigenvalue weighted by molar-refractivity contribution is -0.120. The molecule has 1 N–H and O–H groups in total. The maximum absolute atomic E-state index is 13.6. The van der Waals surface area contributed by atoms with Gasteiger partial charge in [0.15, 0.2) is 0 Å². The Morgan fingerprint density at radius 3 is 2.40 bits per heavy atom. The van der Waals surface area contributed by atoms with Gasteiger partial charge in [0.25, 0.3) is 0 Å². The molecule has 2 nitrogen and oxygen atoms in total. The van der Waals surface area contributed by atoms with Crippen molar-refractivity contribution in [1.82, 2.24) is 0 Å². The van der Waals surface area contributed by atoms with Crippen molar-refractivity contribution >= 4 is 5.69 Å². The summed E-state index contributed by atoms with van der Waals surface area (Å²) in [7, 11) is 0. The molecule has 20 heavy (non-hydrogen) atoms. The highest BCUT2D eigenvalue weighted by Gasteiger charge is 2.39. The van der Waals surface area contributed by atoms with Crippen LogP contribution in [0.4, 0.5) is 23.2 Å². The molecule has 2 rings (SSSR count). The number of hydrogen-bond donors (Lipinski definition) is 1. The molecule has 1 aliphatic carbocycles. The summed E-state index contributed by atoms with van der Waals surface area (Å²) >= 11 is 0. The van der Waals surface area contributed by atoms with Gasteiger partial charge >= 0.3 is 6.18 Å². The number of hydrogen-bond acceptors (Lipinski definition) is 2. The largest absolute Gasteiger partial charge is 0.405 e. The molecule has 1 atom stereocenters. The number of alkyl halides is 3. The first-order valence-corrected chi connectivity index (χ1v) is 6.50. The van der Waals surface area contributed by atoms with Crippen molar-refractivity contribution in [2.75, 3.05) is 11.4 Å². The minimum atomic E-state index is -4.33. The van der Waals surface area contributed by atoms with E-state index in [-0.39, 0.29) is 22.9 Å². The van der Waals surface area contributed by atoms with Crippen LogP contribution in [0.25, 0.3) is 0 Å². The normalized spacial score (nSPS) is 17.1. The van der Waals surface area contributed by atoms with Crippen LogP contribution < -0.4 is 4.90 Å². The second kappa shape index (κ2) is 5.24. The van der Waals surface area contributed by atoms with Crippen LogP contribution in [-0.4, -0.2) is 23.9 Å². The molecule has 1 aliphatic rings. The second-order valence-electron chi connectivity index (χ2n) is 5.31. The molecule has 0 amide bonds. The molecule has 1 aromatic rings. The Labute approximate surface area is 115 Å². The Morgan fingerprint density at radius 1 is 1.35 bits per heavy atom. The summed E-state index contributed by atoms with van der Waals surface area (Å²) in [6.07, 6.45) is -3.98. The van der Waals surface area contributed by atoms with Crippen molar-refractivity contribution in [3.05, 3.63) is 29.1 Å². The lowest BCUT2D eigenvalue weighted by Crippen LogP contribution is -2.36. The van der Waals surface area contributed by atoms with Gasteiger partial charge in [0.2, 0.25) is 0 Å². The Balaban J connectivity index is 2.44. The molecule has 1 saturated carbocycles. The van der Waals surface area contributed by atoms with Crippen LogP contribution in [0.3, 0.4) is 0 Å². The summed E-state index contributed by atoms with van der Waals surface area (Å²) in [6.45, 7) is 1.85. The maximum Gasteiger partial charge on any atom is 0.405 e. The minimum absolute atomic E-state index is 0.181.